The van der Waals surface area contributed by atoms with Crippen molar-refractivity contribution in [2.24, 2.45) is 5.92 Å². The Hall–Kier alpha value is -2.85. The first-order chi connectivity index (χ1) is 14.3. The minimum Gasteiger partial charge on any atom is -0.376 e. The predicted molar refractivity (Wildman–Crippen MR) is 121 cm³/mol. The van der Waals surface area contributed by atoms with Crippen LogP contribution in [0.5, 0.6) is 0 Å². The topological polar surface area (TPSA) is 32.3 Å². The minimum atomic E-state index is 0.0495. The lowest BCUT2D eigenvalue weighted by Crippen LogP contribution is -2.34. The van der Waals surface area contributed by atoms with Crippen molar-refractivity contribution in [3.63, 3.8) is 0 Å². The molecule has 2 aromatic carbocycles. The van der Waals surface area contributed by atoms with E-state index < -0.39 is 0 Å². The van der Waals surface area contributed by atoms with Gasteiger partial charge in [-0.25, -0.2) is 0 Å². The molecule has 1 aromatic heterocycles. The van der Waals surface area contributed by atoms with Crippen LogP contribution in [0.15, 0.2) is 78.2 Å². The molecule has 1 amide bonds. The van der Waals surface area contributed by atoms with Crippen molar-refractivity contribution in [3.05, 3.63) is 94.2 Å². The number of benzene rings is 2. The van der Waals surface area contributed by atoms with E-state index in [-0.39, 0.29) is 11.9 Å². The highest BCUT2D eigenvalue weighted by atomic mass is 32.1. The summed E-state index contributed by atoms with van der Waals surface area (Å²) in [6.45, 7) is 2.66. The smallest absolute Gasteiger partial charge is 0.260 e. The van der Waals surface area contributed by atoms with Crippen LogP contribution in [0.3, 0.4) is 0 Å². The van der Waals surface area contributed by atoms with E-state index in [1.54, 1.807) is 11.3 Å². The van der Waals surface area contributed by atoms with E-state index in [2.05, 4.69) is 41.0 Å². The van der Waals surface area contributed by atoms with E-state index in [4.69, 9.17) is 0 Å². The summed E-state index contributed by atoms with van der Waals surface area (Å²) in [6, 6.07) is 20.6. The minimum absolute atomic E-state index is 0.0495. The zero-order valence-corrected chi connectivity index (χ0v) is 17.2. The maximum absolute atomic E-state index is 13.6. The summed E-state index contributed by atoms with van der Waals surface area (Å²) in [6.07, 6.45) is 5.69. The molecule has 0 saturated heterocycles. The first-order valence-electron chi connectivity index (χ1n) is 10.2. The molecule has 3 atom stereocenters. The van der Waals surface area contributed by atoms with Gasteiger partial charge in [0, 0.05) is 23.0 Å². The molecule has 0 bridgehead atoms. The van der Waals surface area contributed by atoms with Crippen LogP contribution in [0, 0.1) is 5.92 Å². The Balaban J connectivity index is 1.58. The molecule has 146 valence electrons. The van der Waals surface area contributed by atoms with E-state index in [0.29, 0.717) is 18.4 Å². The summed E-state index contributed by atoms with van der Waals surface area (Å²) < 4.78 is 0. The predicted octanol–water partition coefficient (Wildman–Crippen LogP) is 6.24. The molecular formula is C25H24N2OS. The van der Waals surface area contributed by atoms with Gasteiger partial charge in [-0.05, 0) is 54.5 Å². The van der Waals surface area contributed by atoms with Crippen LogP contribution in [0.25, 0.3) is 0 Å². The van der Waals surface area contributed by atoms with Crippen LogP contribution in [0.1, 0.15) is 46.1 Å². The van der Waals surface area contributed by atoms with Gasteiger partial charge >= 0.3 is 0 Å². The molecule has 2 heterocycles. The number of carbonyl (C=O) groups is 1. The largest absolute Gasteiger partial charge is 0.376 e. The van der Waals surface area contributed by atoms with Gasteiger partial charge in [-0.3, -0.25) is 4.79 Å². The molecule has 3 nitrogen and oxygen atoms in total. The summed E-state index contributed by atoms with van der Waals surface area (Å²) in [5.74, 6) is 0.911. The van der Waals surface area contributed by atoms with E-state index in [1.165, 1.54) is 10.4 Å². The quantitative estimate of drug-likeness (QED) is 0.526. The summed E-state index contributed by atoms with van der Waals surface area (Å²) in [5.41, 5.74) is 3.93. The Kier molecular flexibility index (Phi) is 4.72. The van der Waals surface area contributed by atoms with Crippen LogP contribution >= 0.6 is 11.3 Å². The third kappa shape index (κ3) is 3.08. The number of para-hydroxylation sites is 2. The number of nitrogens with zero attached hydrogens (tertiary/aromatic N) is 1. The summed E-state index contributed by atoms with van der Waals surface area (Å²) >= 11 is 1.79. The van der Waals surface area contributed by atoms with Gasteiger partial charge in [-0.2, -0.15) is 0 Å². The molecular weight excluding hydrogens is 376 g/mol. The Labute approximate surface area is 175 Å². The van der Waals surface area contributed by atoms with Gasteiger partial charge in [0.25, 0.3) is 5.91 Å². The average Bonchev–Trinajstić information content (AvgIpc) is 3.46. The van der Waals surface area contributed by atoms with Gasteiger partial charge in [0.15, 0.2) is 0 Å². The zero-order valence-electron chi connectivity index (χ0n) is 16.4. The average molecular weight is 401 g/mol. The van der Waals surface area contributed by atoms with Crippen LogP contribution < -0.4 is 10.2 Å². The van der Waals surface area contributed by atoms with Crippen molar-refractivity contribution in [2.45, 2.75) is 25.3 Å². The Morgan fingerprint density at radius 1 is 1.10 bits per heavy atom. The second kappa shape index (κ2) is 7.53. The first kappa shape index (κ1) is 18.2. The van der Waals surface area contributed by atoms with Gasteiger partial charge < -0.3 is 10.2 Å². The lowest BCUT2D eigenvalue weighted by atomic mass is 9.78. The fourth-order valence-corrected chi connectivity index (χ4v) is 5.60. The van der Waals surface area contributed by atoms with Gasteiger partial charge in [0.1, 0.15) is 0 Å². The van der Waals surface area contributed by atoms with Crippen molar-refractivity contribution in [2.75, 3.05) is 16.8 Å². The molecule has 1 aliphatic carbocycles. The highest BCUT2D eigenvalue weighted by Crippen LogP contribution is 2.51. The Morgan fingerprint density at radius 2 is 1.97 bits per heavy atom. The Bertz CT molecular complexity index is 1040. The standard InChI is InChI=1S/C25H24N2OS/c1-2-27(17-9-4-3-5-10-17)25(28)21-14-7-12-19-18-11-6-13-20(18)24(26-23(19)21)22-15-8-16-29-22/h3-12,14-16,18,20,24,26H,2,13H2,1H3. The fourth-order valence-electron chi connectivity index (χ4n) is 4.75. The highest BCUT2D eigenvalue weighted by molar-refractivity contribution is 7.10. The normalized spacial score (nSPS) is 21.9. The summed E-state index contributed by atoms with van der Waals surface area (Å²) in [5, 5.41) is 5.91. The van der Waals surface area contributed by atoms with Crippen molar-refractivity contribution in [1.82, 2.24) is 0 Å². The Morgan fingerprint density at radius 3 is 2.72 bits per heavy atom. The molecule has 3 unspecified atom stereocenters. The number of hydrogen-bond acceptors (Lipinski definition) is 3. The van der Waals surface area contributed by atoms with E-state index in [9.17, 15) is 4.79 Å². The molecule has 29 heavy (non-hydrogen) atoms. The maximum atomic E-state index is 13.6. The van der Waals surface area contributed by atoms with Crippen LogP contribution in [0.4, 0.5) is 11.4 Å². The fraction of sp³-hybridized carbons (Fsp3) is 0.240. The van der Waals surface area contributed by atoms with Gasteiger partial charge in [0.05, 0.1) is 17.3 Å². The van der Waals surface area contributed by atoms with Gasteiger partial charge in [0.2, 0.25) is 0 Å². The number of rotatable bonds is 4. The van der Waals surface area contributed by atoms with Crippen molar-refractivity contribution >= 4 is 28.6 Å². The molecule has 0 fully saturated rings. The lowest BCUT2D eigenvalue weighted by molar-refractivity contribution is 0.0988. The molecule has 4 heteroatoms. The van der Waals surface area contributed by atoms with E-state index in [0.717, 1.165) is 23.4 Å². The second-order valence-electron chi connectivity index (χ2n) is 7.65. The van der Waals surface area contributed by atoms with Crippen LogP contribution in [-0.4, -0.2) is 12.5 Å². The summed E-state index contributed by atoms with van der Waals surface area (Å²) in [7, 11) is 0. The van der Waals surface area contributed by atoms with E-state index in [1.807, 2.05) is 54.3 Å². The summed E-state index contributed by atoms with van der Waals surface area (Å²) in [4.78, 5) is 16.8. The van der Waals surface area contributed by atoms with Gasteiger partial charge in [-0.15, -0.1) is 11.3 Å². The first-order valence-corrected chi connectivity index (χ1v) is 11.1. The molecule has 0 saturated carbocycles. The third-order valence-corrected chi connectivity index (χ3v) is 7.06. The molecule has 0 spiro atoms. The number of thiophene rings is 1. The number of amides is 1. The van der Waals surface area contributed by atoms with Crippen LogP contribution in [0.2, 0.25) is 0 Å². The zero-order chi connectivity index (χ0) is 19.8. The molecule has 1 aliphatic heterocycles. The number of nitrogens with one attached hydrogen (secondary N) is 1. The monoisotopic (exact) mass is 400 g/mol. The highest BCUT2D eigenvalue weighted by Gasteiger charge is 2.40. The number of fused-ring (bicyclic) bond motifs is 3. The molecule has 0 radical (unpaired) electrons. The van der Waals surface area contributed by atoms with Crippen LogP contribution in [-0.2, 0) is 0 Å². The lowest BCUT2D eigenvalue weighted by Gasteiger charge is -2.38. The second-order valence-corrected chi connectivity index (χ2v) is 8.62. The number of carbonyl (C=O) groups excluding carboxylic acids is 1. The van der Waals surface area contributed by atoms with Gasteiger partial charge in [-0.1, -0.05) is 48.6 Å². The van der Waals surface area contributed by atoms with Crippen molar-refractivity contribution in [3.8, 4) is 0 Å². The molecule has 5 rings (SSSR count). The maximum Gasteiger partial charge on any atom is 0.260 e. The molecule has 2 aliphatic rings. The number of anilines is 2. The number of hydrogen-bond donors (Lipinski definition) is 1. The molecule has 1 N–H and O–H groups in total. The SMILES string of the molecule is CCN(C(=O)c1cccc2c1NC(c1cccs1)C1CC=CC21)c1ccccc1. The van der Waals surface area contributed by atoms with Crippen molar-refractivity contribution in [1.29, 1.82) is 0 Å². The molecule has 3 aromatic rings. The van der Waals surface area contributed by atoms with E-state index >= 15 is 0 Å². The third-order valence-electron chi connectivity index (χ3n) is 6.11. The van der Waals surface area contributed by atoms with Crippen molar-refractivity contribution < 1.29 is 4.79 Å². The number of allylic oxidation sites excluding steroid dienone is 2.